The van der Waals surface area contributed by atoms with Gasteiger partial charge in [0.25, 0.3) is 0 Å². The summed E-state index contributed by atoms with van der Waals surface area (Å²) in [7, 11) is 1.64. The lowest BCUT2D eigenvalue weighted by atomic mass is 10.2. The van der Waals surface area contributed by atoms with Crippen LogP contribution in [0.5, 0.6) is 5.75 Å². The van der Waals surface area contributed by atoms with Crippen LogP contribution in [0.1, 0.15) is 25.3 Å². The number of hydrogen-bond donors (Lipinski definition) is 1. The summed E-state index contributed by atoms with van der Waals surface area (Å²) in [4.78, 5) is 10.8. The van der Waals surface area contributed by atoms with Crippen LogP contribution in [0.2, 0.25) is 5.02 Å². The van der Waals surface area contributed by atoms with Crippen molar-refractivity contribution in [3.05, 3.63) is 28.8 Å². The van der Waals surface area contributed by atoms with E-state index in [4.69, 9.17) is 16.3 Å². The van der Waals surface area contributed by atoms with Crippen LogP contribution in [0, 0.1) is 0 Å². The molecular weight excluding hydrogens is 238 g/mol. The number of ketones is 1. The predicted molar refractivity (Wildman–Crippen MR) is 69.6 cm³/mol. The number of rotatable bonds is 7. The zero-order valence-electron chi connectivity index (χ0n) is 10.3. The highest BCUT2D eigenvalue weighted by atomic mass is 35.5. The summed E-state index contributed by atoms with van der Waals surface area (Å²) in [6.45, 7) is 3.12. The van der Waals surface area contributed by atoms with Crippen LogP contribution >= 0.6 is 11.6 Å². The van der Waals surface area contributed by atoms with Crippen LogP contribution in [0.4, 0.5) is 0 Å². The van der Waals surface area contributed by atoms with E-state index in [-0.39, 0.29) is 5.78 Å². The van der Waals surface area contributed by atoms with Crippen molar-refractivity contribution in [2.75, 3.05) is 13.7 Å². The summed E-state index contributed by atoms with van der Waals surface area (Å²) < 4.78 is 5.24. The van der Waals surface area contributed by atoms with Crippen molar-refractivity contribution in [1.29, 1.82) is 0 Å². The number of hydrogen-bond acceptors (Lipinski definition) is 3. The molecule has 4 heteroatoms. The maximum atomic E-state index is 10.8. The third-order valence-corrected chi connectivity index (χ3v) is 2.68. The molecule has 0 aliphatic carbocycles. The van der Waals surface area contributed by atoms with Crippen molar-refractivity contribution < 1.29 is 9.53 Å². The van der Waals surface area contributed by atoms with Gasteiger partial charge >= 0.3 is 0 Å². The van der Waals surface area contributed by atoms with Crippen LogP contribution in [-0.4, -0.2) is 19.4 Å². The van der Waals surface area contributed by atoms with Gasteiger partial charge in [0.1, 0.15) is 11.5 Å². The third-order valence-electron chi connectivity index (χ3n) is 2.44. The van der Waals surface area contributed by atoms with Gasteiger partial charge in [-0.15, -0.1) is 0 Å². The Morgan fingerprint density at radius 1 is 1.47 bits per heavy atom. The van der Waals surface area contributed by atoms with E-state index in [1.807, 2.05) is 12.1 Å². The molecule has 0 atom stereocenters. The standard InChI is InChI=1S/C13H18ClNO2/c1-10(16)4-3-7-15-9-11-8-12(14)5-6-13(11)17-2/h5-6,8,15H,3-4,7,9H2,1-2H3. The summed E-state index contributed by atoms with van der Waals surface area (Å²) in [6.07, 6.45) is 1.48. The fourth-order valence-electron chi connectivity index (χ4n) is 1.57. The average Bonchev–Trinajstić information content (AvgIpc) is 2.28. The second kappa shape index (κ2) is 7.30. The van der Waals surface area contributed by atoms with Gasteiger partial charge in [0.15, 0.2) is 0 Å². The Balaban J connectivity index is 2.40. The molecule has 0 unspecified atom stereocenters. The smallest absolute Gasteiger partial charge is 0.129 e. The molecule has 1 rings (SSSR count). The Hall–Kier alpha value is -1.06. The summed E-state index contributed by atoms with van der Waals surface area (Å²) in [6, 6.07) is 5.55. The highest BCUT2D eigenvalue weighted by molar-refractivity contribution is 6.30. The molecule has 3 nitrogen and oxygen atoms in total. The van der Waals surface area contributed by atoms with E-state index in [0.29, 0.717) is 18.0 Å². The topological polar surface area (TPSA) is 38.3 Å². The second-order valence-electron chi connectivity index (χ2n) is 3.94. The van der Waals surface area contributed by atoms with Gasteiger partial charge in [-0.05, 0) is 38.1 Å². The first-order valence-electron chi connectivity index (χ1n) is 5.66. The van der Waals surface area contributed by atoms with Gasteiger partial charge < -0.3 is 14.8 Å². The van der Waals surface area contributed by atoms with Gasteiger partial charge in [0.05, 0.1) is 7.11 Å². The molecule has 1 N–H and O–H groups in total. The SMILES string of the molecule is COc1ccc(Cl)cc1CNCCCC(C)=O. The lowest BCUT2D eigenvalue weighted by Gasteiger charge is -2.09. The zero-order valence-corrected chi connectivity index (χ0v) is 11.0. The van der Waals surface area contributed by atoms with E-state index in [0.717, 1.165) is 24.3 Å². The molecule has 0 spiro atoms. The molecule has 0 heterocycles. The monoisotopic (exact) mass is 255 g/mol. The summed E-state index contributed by atoms with van der Waals surface area (Å²) in [5.74, 6) is 1.06. The first kappa shape index (κ1) is 14.0. The highest BCUT2D eigenvalue weighted by Crippen LogP contribution is 2.22. The summed E-state index contributed by atoms with van der Waals surface area (Å²) in [5.41, 5.74) is 1.03. The maximum Gasteiger partial charge on any atom is 0.129 e. The van der Waals surface area contributed by atoms with E-state index in [1.54, 1.807) is 20.1 Å². The second-order valence-corrected chi connectivity index (χ2v) is 4.37. The Morgan fingerprint density at radius 3 is 2.88 bits per heavy atom. The zero-order chi connectivity index (χ0) is 12.7. The van der Waals surface area contributed by atoms with E-state index < -0.39 is 0 Å². The van der Waals surface area contributed by atoms with E-state index >= 15 is 0 Å². The molecule has 0 aliphatic rings. The van der Waals surface area contributed by atoms with Crippen molar-refractivity contribution in [2.24, 2.45) is 0 Å². The number of Topliss-reactive ketones (excluding diaryl/α,β-unsaturated/α-hetero) is 1. The Labute approximate surface area is 107 Å². The summed E-state index contributed by atoms with van der Waals surface area (Å²) >= 11 is 5.93. The van der Waals surface area contributed by atoms with E-state index in [1.165, 1.54) is 0 Å². The number of ether oxygens (including phenoxy) is 1. The summed E-state index contributed by atoms with van der Waals surface area (Å²) in [5, 5.41) is 3.97. The highest BCUT2D eigenvalue weighted by Gasteiger charge is 2.03. The lowest BCUT2D eigenvalue weighted by Crippen LogP contribution is -2.16. The first-order valence-corrected chi connectivity index (χ1v) is 6.04. The minimum absolute atomic E-state index is 0.229. The number of nitrogens with one attached hydrogen (secondary N) is 1. The molecule has 94 valence electrons. The molecule has 1 aromatic rings. The predicted octanol–water partition coefficient (Wildman–Crippen LogP) is 2.81. The molecule has 17 heavy (non-hydrogen) atoms. The Morgan fingerprint density at radius 2 is 2.24 bits per heavy atom. The Bertz CT molecular complexity index is 380. The fourth-order valence-corrected chi connectivity index (χ4v) is 1.77. The molecule has 0 bridgehead atoms. The van der Waals surface area contributed by atoms with E-state index in [9.17, 15) is 4.79 Å². The van der Waals surface area contributed by atoms with Crippen LogP contribution in [0.15, 0.2) is 18.2 Å². The minimum Gasteiger partial charge on any atom is -0.496 e. The largest absolute Gasteiger partial charge is 0.496 e. The number of methoxy groups -OCH3 is 1. The quantitative estimate of drug-likeness (QED) is 0.762. The maximum absolute atomic E-state index is 10.8. The van der Waals surface area contributed by atoms with Gasteiger partial charge in [-0.25, -0.2) is 0 Å². The van der Waals surface area contributed by atoms with Crippen molar-refractivity contribution in [2.45, 2.75) is 26.3 Å². The van der Waals surface area contributed by atoms with Crippen molar-refractivity contribution in [1.82, 2.24) is 5.32 Å². The Kier molecular flexibility index (Phi) is 6.01. The number of halogens is 1. The van der Waals surface area contributed by atoms with Crippen LogP contribution in [0.25, 0.3) is 0 Å². The molecule has 0 fully saturated rings. The van der Waals surface area contributed by atoms with E-state index in [2.05, 4.69) is 5.32 Å². The number of carbonyl (C=O) groups excluding carboxylic acids is 1. The van der Waals surface area contributed by atoms with Gasteiger partial charge in [-0.2, -0.15) is 0 Å². The van der Waals surface area contributed by atoms with Gasteiger partial charge in [-0.1, -0.05) is 11.6 Å². The first-order chi connectivity index (χ1) is 8.13. The fraction of sp³-hybridized carbons (Fsp3) is 0.462. The van der Waals surface area contributed by atoms with Crippen molar-refractivity contribution in [3.63, 3.8) is 0 Å². The molecule has 0 radical (unpaired) electrons. The number of benzene rings is 1. The molecule has 0 amide bonds. The third kappa shape index (κ3) is 5.20. The number of carbonyl (C=O) groups is 1. The molecule has 0 aromatic heterocycles. The minimum atomic E-state index is 0.229. The van der Waals surface area contributed by atoms with Crippen LogP contribution in [-0.2, 0) is 11.3 Å². The van der Waals surface area contributed by atoms with Gasteiger partial charge in [0, 0.05) is 23.6 Å². The molecule has 0 saturated carbocycles. The average molecular weight is 256 g/mol. The van der Waals surface area contributed by atoms with Crippen molar-refractivity contribution >= 4 is 17.4 Å². The lowest BCUT2D eigenvalue weighted by molar-refractivity contribution is -0.117. The molecule has 0 aliphatic heterocycles. The van der Waals surface area contributed by atoms with Crippen LogP contribution < -0.4 is 10.1 Å². The van der Waals surface area contributed by atoms with Crippen LogP contribution in [0.3, 0.4) is 0 Å². The van der Waals surface area contributed by atoms with Crippen molar-refractivity contribution in [3.8, 4) is 5.75 Å². The molecule has 1 aromatic carbocycles. The van der Waals surface area contributed by atoms with Gasteiger partial charge in [-0.3, -0.25) is 0 Å². The normalized spacial score (nSPS) is 10.3. The van der Waals surface area contributed by atoms with Gasteiger partial charge in [0.2, 0.25) is 0 Å². The molecule has 0 saturated heterocycles. The molecular formula is C13H18ClNO2.